The summed E-state index contributed by atoms with van der Waals surface area (Å²) >= 11 is 3.39. The molecule has 5 aromatic rings. The molecule has 0 fully saturated rings. The van der Waals surface area contributed by atoms with Gasteiger partial charge in [-0.15, -0.1) is 0 Å². The van der Waals surface area contributed by atoms with Gasteiger partial charge in [0.15, 0.2) is 0 Å². The van der Waals surface area contributed by atoms with Crippen LogP contribution >= 0.6 is 15.9 Å². The number of primary amides is 2. The number of nitrogens with two attached hydrogens (primary N) is 3. The van der Waals surface area contributed by atoms with Crippen LogP contribution in [-0.4, -0.2) is 21.8 Å². The lowest BCUT2D eigenvalue weighted by Gasteiger charge is -2.07. The first-order chi connectivity index (χ1) is 15.4. The molecule has 2 aromatic heterocycles. The minimum Gasteiger partial charge on any atom is -0.399 e. The zero-order valence-electron chi connectivity index (χ0n) is 16.9. The molecule has 0 aliphatic rings. The highest BCUT2D eigenvalue weighted by Crippen LogP contribution is 2.31. The minimum atomic E-state index is -0.438. The van der Waals surface area contributed by atoms with E-state index in [1.807, 2.05) is 48.5 Å². The van der Waals surface area contributed by atoms with E-state index in [0.717, 1.165) is 37.4 Å². The van der Waals surface area contributed by atoms with Gasteiger partial charge in [0.25, 0.3) is 11.8 Å². The number of hydrogen-bond acceptors (Lipinski definition) is 3. The van der Waals surface area contributed by atoms with Crippen LogP contribution < -0.4 is 17.2 Å². The van der Waals surface area contributed by atoms with Gasteiger partial charge in [-0.05, 0) is 53.6 Å². The van der Waals surface area contributed by atoms with Crippen LogP contribution in [0.3, 0.4) is 0 Å². The minimum absolute atomic E-state index is 0.417. The van der Waals surface area contributed by atoms with Crippen molar-refractivity contribution in [3.63, 3.8) is 0 Å². The second kappa shape index (κ2) is 8.60. The van der Waals surface area contributed by atoms with E-state index in [9.17, 15) is 9.59 Å². The molecular formula is C24H20BrN5O2. The molecule has 3 aromatic carbocycles. The van der Waals surface area contributed by atoms with Gasteiger partial charge in [0.1, 0.15) is 0 Å². The van der Waals surface area contributed by atoms with E-state index in [4.69, 9.17) is 17.2 Å². The summed E-state index contributed by atoms with van der Waals surface area (Å²) in [6, 6.07) is 18.6. The van der Waals surface area contributed by atoms with Crippen molar-refractivity contribution < 1.29 is 9.59 Å². The number of aromatic nitrogens is 2. The number of fused-ring (bicyclic) bond motifs is 2. The number of nitrogen functional groups attached to an aromatic ring is 1. The fraction of sp³-hybridized carbons (Fsp3) is 0. The average Bonchev–Trinajstić information content (AvgIpc) is 3.44. The molecule has 0 aliphatic heterocycles. The molecule has 0 bridgehead atoms. The summed E-state index contributed by atoms with van der Waals surface area (Å²) in [6.45, 7) is 0. The number of aromatic amines is 2. The second-order valence-corrected chi connectivity index (χ2v) is 8.00. The molecule has 0 saturated carbocycles. The van der Waals surface area contributed by atoms with Crippen molar-refractivity contribution in [1.29, 1.82) is 0 Å². The van der Waals surface area contributed by atoms with Crippen molar-refractivity contribution in [2.75, 3.05) is 5.73 Å². The van der Waals surface area contributed by atoms with Crippen molar-refractivity contribution in [2.24, 2.45) is 11.5 Å². The van der Waals surface area contributed by atoms with Crippen LogP contribution in [0.15, 0.2) is 77.5 Å². The SMILES string of the molecule is NC(=O)c1ccc(-c2cccc(N)c2)c2cc[nH]c12.NC(=O)c1ccc(Br)c2cc[nH]c12. The lowest BCUT2D eigenvalue weighted by molar-refractivity contribution is 0.0993. The van der Waals surface area contributed by atoms with E-state index in [0.29, 0.717) is 16.8 Å². The zero-order valence-corrected chi connectivity index (χ0v) is 18.4. The Morgan fingerprint density at radius 2 is 1.34 bits per heavy atom. The molecule has 8 N–H and O–H groups in total. The van der Waals surface area contributed by atoms with Gasteiger partial charge in [0, 0.05) is 33.3 Å². The van der Waals surface area contributed by atoms with Gasteiger partial charge >= 0.3 is 0 Å². The summed E-state index contributed by atoms with van der Waals surface area (Å²) in [4.78, 5) is 28.4. The molecule has 0 unspecified atom stereocenters. The van der Waals surface area contributed by atoms with Gasteiger partial charge in [-0.25, -0.2) is 0 Å². The molecule has 0 spiro atoms. The van der Waals surface area contributed by atoms with Gasteiger partial charge in [0.05, 0.1) is 22.2 Å². The van der Waals surface area contributed by atoms with Crippen LogP contribution in [0.25, 0.3) is 32.9 Å². The highest BCUT2D eigenvalue weighted by Gasteiger charge is 2.12. The Morgan fingerprint density at radius 1 is 0.750 bits per heavy atom. The molecular weight excluding hydrogens is 470 g/mol. The number of carbonyl (C=O) groups is 2. The van der Waals surface area contributed by atoms with Gasteiger partial charge in [-0.2, -0.15) is 0 Å². The maximum absolute atomic E-state index is 11.4. The van der Waals surface area contributed by atoms with E-state index in [-0.39, 0.29) is 0 Å². The Hall–Kier alpha value is -4.04. The fourth-order valence-corrected chi connectivity index (χ4v) is 4.11. The number of rotatable bonds is 3. The lowest BCUT2D eigenvalue weighted by atomic mass is 9.98. The van der Waals surface area contributed by atoms with Crippen molar-refractivity contribution in [2.45, 2.75) is 0 Å². The van der Waals surface area contributed by atoms with Crippen LogP contribution in [0.1, 0.15) is 20.7 Å². The summed E-state index contributed by atoms with van der Waals surface area (Å²) in [7, 11) is 0. The normalized spacial score (nSPS) is 10.7. The number of halogens is 1. The molecule has 7 nitrogen and oxygen atoms in total. The third kappa shape index (κ3) is 3.95. The predicted molar refractivity (Wildman–Crippen MR) is 131 cm³/mol. The van der Waals surface area contributed by atoms with Gasteiger partial charge in [-0.3, -0.25) is 9.59 Å². The van der Waals surface area contributed by atoms with E-state index in [1.54, 1.807) is 24.5 Å². The molecule has 5 rings (SSSR count). The molecule has 0 radical (unpaired) electrons. The number of nitrogens with one attached hydrogen (secondary N) is 2. The van der Waals surface area contributed by atoms with Crippen molar-refractivity contribution in [1.82, 2.24) is 9.97 Å². The monoisotopic (exact) mass is 489 g/mol. The highest BCUT2D eigenvalue weighted by molar-refractivity contribution is 9.10. The number of anilines is 1. The maximum Gasteiger partial charge on any atom is 0.250 e. The van der Waals surface area contributed by atoms with Crippen LogP contribution in [0.5, 0.6) is 0 Å². The molecule has 0 saturated heterocycles. The van der Waals surface area contributed by atoms with Crippen LogP contribution in [0.2, 0.25) is 0 Å². The average molecular weight is 490 g/mol. The molecule has 160 valence electrons. The number of benzene rings is 3. The van der Waals surface area contributed by atoms with Crippen molar-refractivity contribution >= 4 is 55.2 Å². The van der Waals surface area contributed by atoms with Crippen LogP contribution in [-0.2, 0) is 0 Å². The van der Waals surface area contributed by atoms with E-state index >= 15 is 0 Å². The Bertz CT molecular complexity index is 1470. The first kappa shape index (κ1) is 21.2. The van der Waals surface area contributed by atoms with Crippen LogP contribution in [0, 0.1) is 0 Å². The van der Waals surface area contributed by atoms with E-state index in [2.05, 4.69) is 25.9 Å². The molecule has 0 atom stereocenters. The summed E-state index contributed by atoms with van der Waals surface area (Å²) in [5, 5.41) is 1.93. The molecule has 32 heavy (non-hydrogen) atoms. The summed E-state index contributed by atoms with van der Waals surface area (Å²) in [6.07, 6.45) is 3.58. The van der Waals surface area contributed by atoms with Gasteiger partial charge in [0.2, 0.25) is 0 Å². The maximum atomic E-state index is 11.4. The van der Waals surface area contributed by atoms with Crippen molar-refractivity contribution in [3.8, 4) is 11.1 Å². The largest absolute Gasteiger partial charge is 0.399 e. The topological polar surface area (TPSA) is 144 Å². The van der Waals surface area contributed by atoms with Crippen LogP contribution in [0.4, 0.5) is 5.69 Å². The summed E-state index contributed by atoms with van der Waals surface area (Å²) in [5.74, 6) is -0.855. The third-order valence-corrected chi connectivity index (χ3v) is 5.81. The van der Waals surface area contributed by atoms with Gasteiger partial charge < -0.3 is 27.2 Å². The van der Waals surface area contributed by atoms with E-state index in [1.165, 1.54) is 0 Å². The molecule has 0 aliphatic carbocycles. The molecule has 2 heterocycles. The summed E-state index contributed by atoms with van der Waals surface area (Å²) < 4.78 is 0.953. The Balaban J connectivity index is 0.000000165. The second-order valence-electron chi connectivity index (χ2n) is 7.14. The standard InChI is InChI=1S/C15H13N3O.C9H7BrN2O/c16-10-3-1-2-9(8-10)11-4-5-13(15(17)19)14-12(11)6-7-18-14;10-7-2-1-6(9(11)13)8-5(7)3-4-12-8/h1-8,18H,16H2,(H2,17,19);1-4,12H,(H2,11,13). The molecule has 2 amide bonds. The number of H-pyrrole nitrogens is 2. The quantitative estimate of drug-likeness (QED) is 0.237. The Morgan fingerprint density at radius 3 is 1.97 bits per heavy atom. The fourth-order valence-electron chi connectivity index (χ4n) is 3.65. The Labute approximate surface area is 191 Å². The Kier molecular flexibility index (Phi) is 5.70. The first-order valence-electron chi connectivity index (χ1n) is 9.68. The number of amides is 2. The summed E-state index contributed by atoms with van der Waals surface area (Å²) in [5.41, 5.74) is 21.7. The van der Waals surface area contributed by atoms with Crippen molar-refractivity contribution in [3.05, 3.63) is 88.7 Å². The highest BCUT2D eigenvalue weighted by atomic mass is 79.9. The zero-order chi connectivity index (χ0) is 22.8. The smallest absolute Gasteiger partial charge is 0.250 e. The van der Waals surface area contributed by atoms with E-state index < -0.39 is 11.8 Å². The third-order valence-electron chi connectivity index (χ3n) is 5.12. The lowest BCUT2D eigenvalue weighted by Crippen LogP contribution is -2.11. The predicted octanol–water partition coefficient (Wildman–Crippen LogP) is 4.55. The van der Waals surface area contributed by atoms with Gasteiger partial charge in [-0.1, -0.05) is 34.1 Å². The first-order valence-corrected chi connectivity index (χ1v) is 10.5. The number of hydrogen-bond donors (Lipinski definition) is 5. The number of carbonyl (C=O) groups excluding carboxylic acids is 2. The molecule has 8 heteroatoms.